The molecule has 27 heavy (non-hydrogen) atoms. The number of amides is 1. The molecule has 1 unspecified atom stereocenters. The molecule has 1 saturated heterocycles. The molecule has 2 aromatic rings. The van der Waals surface area contributed by atoms with Crippen LogP contribution in [-0.2, 0) is 14.3 Å². The number of hydrogen-bond donors (Lipinski definition) is 0. The summed E-state index contributed by atoms with van der Waals surface area (Å²) in [7, 11) is 1.53. The maximum absolute atomic E-state index is 12.3. The fourth-order valence-electron chi connectivity index (χ4n) is 2.92. The lowest BCUT2D eigenvalue weighted by atomic mass is 10.1. The van der Waals surface area contributed by atoms with Gasteiger partial charge in [-0.3, -0.25) is 14.4 Å². The first-order valence-electron chi connectivity index (χ1n) is 8.38. The third-order valence-electron chi connectivity index (χ3n) is 4.35. The maximum Gasteiger partial charge on any atom is 0.311 e. The van der Waals surface area contributed by atoms with Gasteiger partial charge in [0.25, 0.3) is 0 Å². The molecule has 1 amide bonds. The molecule has 1 atom stereocenters. The van der Waals surface area contributed by atoms with Gasteiger partial charge in [-0.1, -0.05) is 40.2 Å². The molecule has 1 fully saturated rings. The van der Waals surface area contributed by atoms with Crippen molar-refractivity contribution >= 4 is 39.3 Å². The Morgan fingerprint density at radius 3 is 2.56 bits per heavy atom. The third kappa shape index (κ3) is 4.36. The van der Waals surface area contributed by atoms with Crippen LogP contribution in [0.25, 0.3) is 0 Å². The summed E-state index contributed by atoms with van der Waals surface area (Å²) in [5, 5.41) is 0. The Bertz CT molecular complexity index is 865. The van der Waals surface area contributed by atoms with Crippen molar-refractivity contribution in [2.45, 2.75) is 6.42 Å². The number of ketones is 1. The number of rotatable bonds is 6. The number of halogens is 1. The lowest BCUT2D eigenvalue weighted by molar-refractivity contribution is -0.147. The molecule has 0 N–H and O–H groups in total. The SMILES string of the molecule is COc1ccccc1N1CC(C(=O)OCC(=O)c2ccc(Br)cc2)CC1=O. The number of para-hydroxylation sites is 2. The van der Waals surface area contributed by atoms with Crippen LogP contribution in [0.2, 0.25) is 0 Å². The second-order valence-corrected chi connectivity index (χ2v) is 7.03. The van der Waals surface area contributed by atoms with Crippen molar-refractivity contribution in [3.05, 3.63) is 58.6 Å². The summed E-state index contributed by atoms with van der Waals surface area (Å²) in [6.07, 6.45) is 0.0450. The Hall–Kier alpha value is -2.67. The Kier molecular flexibility index (Phi) is 5.91. The molecular formula is C20H18BrNO5. The number of benzene rings is 2. The molecule has 0 radical (unpaired) electrons. The Morgan fingerprint density at radius 2 is 1.85 bits per heavy atom. The summed E-state index contributed by atoms with van der Waals surface area (Å²) in [6.45, 7) is -0.148. The highest BCUT2D eigenvalue weighted by atomic mass is 79.9. The third-order valence-corrected chi connectivity index (χ3v) is 4.87. The standard InChI is InChI=1S/C20H18BrNO5/c1-26-18-5-3-2-4-16(18)22-11-14(10-19(22)24)20(25)27-12-17(23)13-6-8-15(21)9-7-13/h2-9,14H,10-12H2,1H3. The topological polar surface area (TPSA) is 72.9 Å². The van der Waals surface area contributed by atoms with Gasteiger partial charge in [-0.25, -0.2) is 0 Å². The number of nitrogens with zero attached hydrogens (tertiary/aromatic N) is 1. The number of carbonyl (C=O) groups is 3. The summed E-state index contributed by atoms with van der Waals surface area (Å²) < 4.78 is 11.3. The molecule has 0 spiro atoms. The van der Waals surface area contributed by atoms with Crippen LogP contribution in [0.1, 0.15) is 16.8 Å². The van der Waals surface area contributed by atoms with E-state index in [9.17, 15) is 14.4 Å². The molecule has 1 aliphatic heterocycles. The Balaban J connectivity index is 1.60. The Labute approximate surface area is 165 Å². The van der Waals surface area contributed by atoms with Gasteiger partial charge in [0.15, 0.2) is 12.4 Å². The number of anilines is 1. The summed E-state index contributed by atoms with van der Waals surface area (Å²) in [5.74, 6) is -1.07. The van der Waals surface area contributed by atoms with Crippen molar-refractivity contribution in [1.82, 2.24) is 0 Å². The number of Topliss-reactive ketones (excluding diaryl/α,β-unsaturated/α-hetero) is 1. The summed E-state index contributed by atoms with van der Waals surface area (Å²) in [6, 6.07) is 13.9. The van der Waals surface area contributed by atoms with Crippen molar-refractivity contribution in [1.29, 1.82) is 0 Å². The smallest absolute Gasteiger partial charge is 0.311 e. The van der Waals surface area contributed by atoms with E-state index in [-0.39, 0.29) is 31.3 Å². The zero-order valence-electron chi connectivity index (χ0n) is 14.7. The van der Waals surface area contributed by atoms with Crippen LogP contribution in [-0.4, -0.2) is 37.9 Å². The van der Waals surface area contributed by atoms with Crippen LogP contribution >= 0.6 is 15.9 Å². The largest absolute Gasteiger partial charge is 0.495 e. The molecule has 2 aromatic carbocycles. The molecule has 140 valence electrons. The first kappa shape index (κ1) is 19.1. The van der Waals surface area contributed by atoms with Gasteiger partial charge in [0.05, 0.1) is 18.7 Å². The van der Waals surface area contributed by atoms with Crippen molar-refractivity contribution in [3.8, 4) is 5.75 Å². The fourth-order valence-corrected chi connectivity index (χ4v) is 3.19. The van der Waals surface area contributed by atoms with Gasteiger partial charge in [0.1, 0.15) is 5.75 Å². The molecule has 3 rings (SSSR count). The first-order chi connectivity index (χ1) is 13.0. The van der Waals surface area contributed by atoms with E-state index in [2.05, 4.69) is 15.9 Å². The van der Waals surface area contributed by atoms with E-state index in [0.717, 1.165) is 4.47 Å². The predicted molar refractivity (Wildman–Crippen MR) is 103 cm³/mol. The number of esters is 1. The molecule has 1 aliphatic rings. The van der Waals surface area contributed by atoms with Gasteiger partial charge in [-0.2, -0.15) is 0 Å². The Morgan fingerprint density at radius 1 is 1.15 bits per heavy atom. The van der Waals surface area contributed by atoms with Crippen LogP contribution in [0.3, 0.4) is 0 Å². The van der Waals surface area contributed by atoms with Gasteiger partial charge >= 0.3 is 5.97 Å². The van der Waals surface area contributed by atoms with Gasteiger partial charge in [-0.05, 0) is 24.3 Å². The normalized spacial score (nSPS) is 16.3. The lowest BCUT2D eigenvalue weighted by Gasteiger charge is -2.19. The van der Waals surface area contributed by atoms with Crippen LogP contribution in [0.15, 0.2) is 53.0 Å². The summed E-state index contributed by atoms with van der Waals surface area (Å²) in [5.41, 5.74) is 1.08. The molecular weight excluding hydrogens is 414 g/mol. The predicted octanol–water partition coefficient (Wildman–Crippen LogP) is 3.24. The highest BCUT2D eigenvalue weighted by Crippen LogP contribution is 2.33. The van der Waals surface area contributed by atoms with Crippen molar-refractivity contribution < 1.29 is 23.9 Å². The minimum Gasteiger partial charge on any atom is -0.495 e. The van der Waals surface area contributed by atoms with Crippen molar-refractivity contribution in [3.63, 3.8) is 0 Å². The number of ether oxygens (including phenoxy) is 2. The second kappa shape index (κ2) is 8.35. The number of hydrogen-bond acceptors (Lipinski definition) is 5. The average molecular weight is 432 g/mol. The van der Waals surface area contributed by atoms with Crippen LogP contribution in [0.4, 0.5) is 5.69 Å². The van der Waals surface area contributed by atoms with E-state index in [1.807, 2.05) is 6.07 Å². The second-order valence-electron chi connectivity index (χ2n) is 6.12. The van der Waals surface area contributed by atoms with Gasteiger partial charge in [0.2, 0.25) is 5.91 Å². The van der Waals surface area contributed by atoms with Gasteiger partial charge < -0.3 is 14.4 Å². The molecule has 0 bridgehead atoms. The molecule has 0 aliphatic carbocycles. The molecule has 7 heteroatoms. The lowest BCUT2D eigenvalue weighted by Crippen LogP contribution is -2.27. The van der Waals surface area contributed by atoms with Gasteiger partial charge in [-0.15, -0.1) is 0 Å². The van der Waals surface area contributed by atoms with E-state index >= 15 is 0 Å². The molecule has 6 nitrogen and oxygen atoms in total. The van der Waals surface area contributed by atoms with Crippen molar-refractivity contribution in [2.75, 3.05) is 25.2 Å². The van der Waals surface area contributed by atoms with E-state index < -0.39 is 11.9 Å². The summed E-state index contributed by atoms with van der Waals surface area (Å²) >= 11 is 3.30. The number of carbonyl (C=O) groups excluding carboxylic acids is 3. The minimum atomic E-state index is -0.611. The van der Waals surface area contributed by atoms with E-state index in [4.69, 9.17) is 9.47 Å². The first-order valence-corrected chi connectivity index (χ1v) is 9.17. The molecule has 0 saturated carbocycles. The fraction of sp³-hybridized carbons (Fsp3) is 0.250. The highest BCUT2D eigenvalue weighted by Gasteiger charge is 2.37. The van der Waals surface area contributed by atoms with Gasteiger partial charge in [0, 0.05) is 23.0 Å². The minimum absolute atomic E-state index is 0.0450. The summed E-state index contributed by atoms with van der Waals surface area (Å²) in [4.78, 5) is 38.3. The monoisotopic (exact) mass is 431 g/mol. The highest BCUT2D eigenvalue weighted by molar-refractivity contribution is 9.10. The maximum atomic E-state index is 12.3. The average Bonchev–Trinajstić information content (AvgIpc) is 3.08. The van der Waals surface area contributed by atoms with E-state index in [1.165, 1.54) is 12.0 Å². The van der Waals surface area contributed by atoms with E-state index in [1.54, 1.807) is 42.5 Å². The quantitative estimate of drug-likeness (QED) is 0.518. The van der Waals surface area contributed by atoms with Crippen molar-refractivity contribution in [2.24, 2.45) is 5.92 Å². The number of methoxy groups -OCH3 is 1. The zero-order valence-corrected chi connectivity index (χ0v) is 16.3. The molecule has 0 aromatic heterocycles. The zero-order chi connectivity index (χ0) is 19.4. The van der Waals surface area contributed by atoms with Crippen LogP contribution < -0.4 is 9.64 Å². The molecule has 1 heterocycles. The van der Waals surface area contributed by atoms with Crippen LogP contribution in [0.5, 0.6) is 5.75 Å². The van der Waals surface area contributed by atoms with E-state index in [0.29, 0.717) is 17.0 Å². The van der Waals surface area contributed by atoms with Crippen LogP contribution in [0, 0.1) is 5.92 Å².